The topological polar surface area (TPSA) is 0 Å². The van der Waals surface area contributed by atoms with E-state index < -0.39 is 0 Å². The summed E-state index contributed by atoms with van der Waals surface area (Å²) >= 11 is 0. The van der Waals surface area contributed by atoms with E-state index in [0.29, 0.717) is 0 Å². The minimum atomic E-state index is 0.824. The van der Waals surface area contributed by atoms with Crippen LogP contribution in [0.15, 0.2) is 47.3 Å². The van der Waals surface area contributed by atoms with Crippen molar-refractivity contribution >= 4 is 8.58 Å². The zero-order valence-electron chi connectivity index (χ0n) is 8.48. The first-order valence-corrected chi connectivity index (χ1v) is 6.14. The lowest BCUT2D eigenvalue weighted by Gasteiger charge is -2.07. The summed E-state index contributed by atoms with van der Waals surface area (Å²) in [7, 11) is 0.824. The zero-order chi connectivity index (χ0) is 9.84. The van der Waals surface area contributed by atoms with Crippen LogP contribution in [0.4, 0.5) is 0 Å². The molecule has 1 heteroatoms. The Labute approximate surface area is 82.9 Å². The number of hydrogen-bond donors (Lipinski definition) is 0. The summed E-state index contributed by atoms with van der Waals surface area (Å²) < 4.78 is 0. The van der Waals surface area contributed by atoms with Crippen molar-refractivity contribution in [3.63, 3.8) is 0 Å². The molecule has 0 aromatic rings. The van der Waals surface area contributed by atoms with Crippen LogP contribution in [0, 0.1) is 0 Å². The molecule has 1 aliphatic rings. The minimum Gasteiger partial charge on any atom is -0.0956 e. The fourth-order valence-electron chi connectivity index (χ4n) is 1.36. The van der Waals surface area contributed by atoms with E-state index in [0.717, 1.165) is 21.4 Å². The van der Waals surface area contributed by atoms with E-state index in [9.17, 15) is 0 Å². The van der Waals surface area contributed by atoms with Gasteiger partial charge in [-0.3, -0.25) is 0 Å². The molecule has 1 rings (SSSR count). The Balaban J connectivity index is 2.59. The highest BCUT2D eigenvalue weighted by molar-refractivity contribution is 7.42. The fraction of sp³-hybridized carbons (Fsp3) is 0.333. The third-order valence-electron chi connectivity index (χ3n) is 2.44. The molecular weight excluding hydrogens is 175 g/mol. The second kappa shape index (κ2) is 4.58. The molecule has 0 spiro atoms. The molecule has 1 aliphatic carbocycles. The van der Waals surface area contributed by atoms with Gasteiger partial charge in [0.05, 0.1) is 0 Å². The average molecular weight is 192 g/mol. The lowest BCUT2D eigenvalue weighted by molar-refractivity contribution is 1.07. The Bertz CT molecular complexity index is 262. The van der Waals surface area contributed by atoms with Gasteiger partial charge >= 0.3 is 0 Å². The second-order valence-corrected chi connectivity index (χ2v) is 4.35. The van der Waals surface area contributed by atoms with Crippen LogP contribution in [-0.2, 0) is 0 Å². The van der Waals surface area contributed by atoms with Crippen molar-refractivity contribution in [2.45, 2.75) is 19.8 Å². The summed E-state index contributed by atoms with van der Waals surface area (Å²) in [6, 6.07) is 0. The molecule has 0 fully saturated rings. The van der Waals surface area contributed by atoms with Gasteiger partial charge in [-0.25, -0.2) is 0 Å². The molecule has 13 heavy (non-hydrogen) atoms. The van der Waals surface area contributed by atoms with Crippen LogP contribution in [0.1, 0.15) is 19.8 Å². The van der Waals surface area contributed by atoms with Crippen molar-refractivity contribution < 1.29 is 0 Å². The van der Waals surface area contributed by atoms with Crippen LogP contribution >= 0.6 is 8.58 Å². The standard InChI is InChI=1S/C12H17P/c1-5-9(2)11-6-7-12(8-11)10(3)13-4/h6-7,13H,2-3,5,8H2,1,4H3. The molecule has 0 aliphatic heterocycles. The Morgan fingerprint density at radius 2 is 2.00 bits per heavy atom. The van der Waals surface area contributed by atoms with Crippen molar-refractivity contribution in [3.8, 4) is 0 Å². The van der Waals surface area contributed by atoms with Crippen molar-refractivity contribution in [2.75, 3.05) is 6.66 Å². The molecule has 1 unspecified atom stereocenters. The van der Waals surface area contributed by atoms with Crippen molar-refractivity contribution in [2.24, 2.45) is 0 Å². The summed E-state index contributed by atoms with van der Waals surface area (Å²) in [5, 5.41) is 1.29. The number of allylic oxidation sites excluding steroid dienone is 6. The molecule has 0 saturated carbocycles. The Kier molecular flexibility index (Phi) is 3.69. The van der Waals surface area contributed by atoms with Crippen molar-refractivity contribution in [1.29, 1.82) is 0 Å². The van der Waals surface area contributed by atoms with Gasteiger partial charge in [0.25, 0.3) is 0 Å². The van der Waals surface area contributed by atoms with Gasteiger partial charge in [-0.05, 0) is 36.0 Å². The van der Waals surface area contributed by atoms with Crippen molar-refractivity contribution in [1.82, 2.24) is 0 Å². The highest BCUT2D eigenvalue weighted by Crippen LogP contribution is 2.35. The van der Waals surface area contributed by atoms with Gasteiger partial charge in [-0.15, -0.1) is 0 Å². The number of rotatable bonds is 4. The Hall–Kier alpha value is -0.610. The van der Waals surface area contributed by atoms with E-state index >= 15 is 0 Å². The highest BCUT2D eigenvalue weighted by Gasteiger charge is 2.11. The average Bonchev–Trinajstić information content (AvgIpc) is 2.64. The maximum Gasteiger partial charge on any atom is -0.00172 e. The summed E-state index contributed by atoms with van der Waals surface area (Å²) in [4.78, 5) is 0. The predicted octanol–water partition coefficient (Wildman–Crippen LogP) is 4.03. The van der Waals surface area contributed by atoms with Gasteiger partial charge < -0.3 is 0 Å². The van der Waals surface area contributed by atoms with Gasteiger partial charge in [0, 0.05) is 0 Å². The van der Waals surface area contributed by atoms with Gasteiger partial charge in [-0.1, -0.05) is 46.4 Å². The summed E-state index contributed by atoms with van der Waals surface area (Å²) in [6.45, 7) is 12.4. The van der Waals surface area contributed by atoms with E-state index in [4.69, 9.17) is 0 Å². The molecule has 0 amide bonds. The Morgan fingerprint density at radius 3 is 2.54 bits per heavy atom. The lowest BCUT2D eigenvalue weighted by atomic mass is 10.0. The third-order valence-corrected chi connectivity index (χ3v) is 3.36. The first-order valence-electron chi connectivity index (χ1n) is 4.64. The molecule has 0 aromatic carbocycles. The molecule has 0 nitrogen and oxygen atoms in total. The maximum absolute atomic E-state index is 4.06. The fourth-order valence-corrected chi connectivity index (χ4v) is 1.85. The number of hydrogen-bond acceptors (Lipinski definition) is 0. The molecule has 1 atom stereocenters. The van der Waals surface area contributed by atoms with Crippen LogP contribution < -0.4 is 0 Å². The third kappa shape index (κ3) is 2.42. The maximum atomic E-state index is 4.06. The predicted molar refractivity (Wildman–Crippen MR) is 63.6 cm³/mol. The van der Waals surface area contributed by atoms with Crippen LogP contribution in [-0.4, -0.2) is 6.66 Å². The minimum absolute atomic E-state index is 0.824. The van der Waals surface area contributed by atoms with Crippen molar-refractivity contribution in [3.05, 3.63) is 47.3 Å². The molecule has 0 heterocycles. The van der Waals surface area contributed by atoms with E-state index in [1.807, 2.05) is 0 Å². The van der Waals surface area contributed by atoms with E-state index in [1.54, 1.807) is 0 Å². The quantitative estimate of drug-likeness (QED) is 0.590. The molecule has 0 radical (unpaired) electrons. The lowest BCUT2D eigenvalue weighted by Crippen LogP contribution is -1.86. The van der Waals surface area contributed by atoms with Gasteiger partial charge in [0.2, 0.25) is 0 Å². The Morgan fingerprint density at radius 1 is 1.38 bits per heavy atom. The molecule has 0 saturated heterocycles. The summed E-state index contributed by atoms with van der Waals surface area (Å²) in [6.07, 6.45) is 6.47. The first-order chi connectivity index (χ1) is 6.19. The first kappa shape index (κ1) is 10.5. The smallest absolute Gasteiger partial charge is 0.00172 e. The normalized spacial score (nSPS) is 16.2. The highest BCUT2D eigenvalue weighted by atomic mass is 31.1. The van der Waals surface area contributed by atoms with Crippen LogP contribution in [0.5, 0.6) is 0 Å². The van der Waals surface area contributed by atoms with Gasteiger partial charge in [-0.2, -0.15) is 0 Å². The molecule has 0 aromatic heterocycles. The largest absolute Gasteiger partial charge is 0.0956 e. The molecule has 0 bridgehead atoms. The monoisotopic (exact) mass is 192 g/mol. The van der Waals surface area contributed by atoms with Crippen LogP contribution in [0.2, 0.25) is 0 Å². The zero-order valence-corrected chi connectivity index (χ0v) is 9.48. The molecule has 70 valence electrons. The van der Waals surface area contributed by atoms with Gasteiger partial charge in [0.1, 0.15) is 0 Å². The summed E-state index contributed by atoms with van der Waals surface area (Å²) in [5.41, 5.74) is 4.04. The molecule has 0 N–H and O–H groups in total. The second-order valence-electron chi connectivity index (χ2n) is 3.25. The van der Waals surface area contributed by atoms with E-state index in [1.165, 1.54) is 22.0 Å². The van der Waals surface area contributed by atoms with E-state index in [-0.39, 0.29) is 0 Å². The summed E-state index contributed by atoms with van der Waals surface area (Å²) in [5.74, 6) is 0. The van der Waals surface area contributed by atoms with E-state index in [2.05, 4.69) is 38.9 Å². The van der Waals surface area contributed by atoms with Crippen LogP contribution in [0.3, 0.4) is 0 Å². The molecular formula is C12H17P. The van der Waals surface area contributed by atoms with Crippen LogP contribution in [0.25, 0.3) is 0 Å². The SMILES string of the molecule is C=C(CC)C1=CC=C(C(=C)PC)C1. The van der Waals surface area contributed by atoms with Gasteiger partial charge in [0.15, 0.2) is 0 Å².